The minimum atomic E-state index is -0.528. The fraction of sp³-hybridized carbons (Fsp3) is 0.381. The van der Waals surface area contributed by atoms with Gasteiger partial charge in [0.1, 0.15) is 18.6 Å². The molecule has 4 aromatic rings. The third kappa shape index (κ3) is 3.15. The van der Waals surface area contributed by atoms with E-state index in [9.17, 15) is 9.59 Å². The van der Waals surface area contributed by atoms with Crippen LogP contribution in [0.4, 0.5) is 0 Å². The number of oxazole rings is 1. The topological polar surface area (TPSA) is 104 Å². The third-order valence-corrected chi connectivity index (χ3v) is 5.80. The summed E-state index contributed by atoms with van der Waals surface area (Å²) in [6.07, 6.45) is 2.38. The van der Waals surface area contributed by atoms with Crippen molar-refractivity contribution in [3.05, 3.63) is 52.4 Å². The highest BCUT2D eigenvalue weighted by atomic mass is 16.4. The molecule has 1 aromatic carbocycles. The van der Waals surface area contributed by atoms with Crippen molar-refractivity contribution in [3.63, 3.8) is 0 Å². The first-order valence-electron chi connectivity index (χ1n) is 10.2. The average Bonchev–Trinajstić information content (AvgIpc) is 3.44. The van der Waals surface area contributed by atoms with Crippen molar-refractivity contribution in [2.45, 2.75) is 39.4 Å². The van der Waals surface area contributed by atoms with Crippen LogP contribution in [0.3, 0.4) is 0 Å². The van der Waals surface area contributed by atoms with E-state index in [0.717, 1.165) is 17.0 Å². The van der Waals surface area contributed by atoms with Gasteiger partial charge in [-0.3, -0.25) is 14.0 Å². The smallest absolute Gasteiger partial charge is 0.408 e. The van der Waals surface area contributed by atoms with Crippen LogP contribution >= 0.6 is 0 Å². The maximum Gasteiger partial charge on any atom is 0.420 e. The minimum Gasteiger partial charge on any atom is -0.408 e. The lowest BCUT2D eigenvalue weighted by Gasteiger charge is -2.27. The molecule has 0 saturated heterocycles. The Labute approximate surface area is 177 Å². The largest absolute Gasteiger partial charge is 0.420 e. The van der Waals surface area contributed by atoms with Gasteiger partial charge in [-0.2, -0.15) is 5.10 Å². The molecule has 10 nitrogen and oxygen atoms in total. The Morgan fingerprint density at radius 3 is 2.87 bits per heavy atom. The molecule has 0 bridgehead atoms. The van der Waals surface area contributed by atoms with E-state index in [1.165, 1.54) is 4.57 Å². The summed E-state index contributed by atoms with van der Waals surface area (Å²) >= 11 is 0. The molecule has 1 aliphatic rings. The number of nitrogens with zero attached hydrogens (tertiary/aromatic N) is 7. The SMILES string of the molecule is CC(C)n1cnnc1-c1nn(C)c2c1CN(C(=O)Cn1c(=O)oc3ccccc31)CC2. The zero-order chi connectivity index (χ0) is 21.7. The highest BCUT2D eigenvalue weighted by Gasteiger charge is 2.30. The molecular weight excluding hydrogens is 398 g/mol. The summed E-state index contributed by atoms with van der Waals surface area (Å²) in [7, 11) is 1.91. The first kappa shape index (κ1) is 19.3. The fourth-order valence-corrected chi connectivity index (χ4v) is 4.17. The summed E-state index contributed by atoms with van der Waals surface area (Å²) < 4.78 is 10.5. The Bertz CT molecular complexity index is 1340. The number of hydrogen-bond acceptors (Lipinski definition) is 6. The molecular formula is C21H23N7O3. The molecule has 1 aliphatic heterocycles. The van der Waals surface area contributed by atoms with E-state index >= 15 is 0 Å². The Balaban J connectivity index is 1.45. The van der Waals surface area contributed by atoms with E-state index in [-0.39, 0.29) is 18.5 Å². The summed E-state index contributed by atoms with van der Waals surface area (Å²) in [5.74, 6) is 0.0250. The van der Waals surface area contributed by atoms with Gasteiger partial charge in [0.2, 0.25) is 5.91 Å². The maximum absolute atomic E-state index is 13.1. The van der Waals surface area contributed by atoms with Crippen molar-refractivity contribution < 1.29 is 9.21 Å². The molecule has 0 N–H and O–H groups in total. The quantitative estimate of drug-likeness (QED) is 0.497. The molecule has 1 amide bonds. The van der Waals surface area contributed by atoms with E-state index in [2.05, 4.69) is 29.1 Å². The predicted octanol–water partition coefficient (Wildman–Crippen LogP) is 1.75. The van der Waals surface area contributed by atoms with E-state index in [1.807, 2.05) is 22.4 Å². The molecule has 31 heavy (non-hydrogen) atoms. The van der Waals surface area contributed by atoms with E-state index in [4.69, 9.17) is 4.42 Å². The lowest BCUT2D eigenvalue weighted by Crippen LogP contribution is -2.39. The molecule has 0 unspecified atom stereocenters. The van der Waals surface area contributed by atoms with Gasteiger partial charge in [0.25, 0.3) is 0 Å². The first-order valence-corrected chi connectivity index (χ1v) is 10.2. The average molecular weight is 421 g/mol. The summed E-state index contributed by atoms with van der Waals surface area (Å²) in [6, 6.07) is 7.30. The van der Waals surface area contributed by atoms with E-state index in [1.54, 1.807) is 29.4 Å². The van der Waals surface area contributed by atoms with Crippen molar-refractivity contribution in [2.24, 2.45) is 7.05 Å². The van der Waals surface area contributed by atoms with E-state index < -0.39 is 5.76 Å². The number of aryl methyl sites for hydroxylation is 1. The zero-order valence-corrected chi connectivity index (χ0v) is 17.6. The van der Waals surface area contributed by atoms with Gasteiger partial charge in [0, 0.05) is 43.9 Å². The van der Waals surface area contributed by atoms with Crippen LogP contribution < -0.4 is 5.76 Å². The first-order chi connectivity index (χ1) is 14.9. The summed E-state index contributed by atoms with van der Waals surface area (Å²) in [4.78, 5) is 27.1. The number of carbonyl (C=O) groups excluding carboxylic acids is 1. The normalized spacial score (nSPS) is 13.9. The molecule has 160 valence electrons. The molecule has 0 spiro atoms. The Hall–Kier alpha value is -3.69. The van der Waals surface area contributed by atoms with Crippen molar-refractivity contribution in [1.82, 2.24) is 34.0 Å². The molecule has 0 atom stereocenters. The molecule has 0 saturated carbocycles. The Morgan fingerprint density at radius 2 is 2.06 bits per heavy atom. The van der Waals surface area contributed by atoms with Gasteiger partial charge in [0.15, 0.2) is 11.4 Å². The highest BCUT2D eigenvalue weighted by Crippen LogP contribution is 2.30. The highest BCUT2D eigenvalue weighted by molar-refractivity contribution is 5.80. The molecule has 10 heteroatoms. The second-order valence-electron chi connectivity index (χ2n) is 8.04. The summed E-state index contributed by atoms with van der Waals surface area (Å²) in [5, 5.41) is 13.0. The van der Waals surface area contributed by atoms with Gasteiger partial charge in [-0.25, -0.2) is 4.79 Å². The molecule has 5 rings (SSSR count). The van der Waals surface area contributed by atoms with Gasteiger partial charge in [-0.1, -0.05) is 12.1 Å². The molecule has 0 aliphatic carbocycles. The van der Waals surface area contributed by atoms with Gasteiger partial charge < -0.3 is 13.9 Å². The molecule has 0 fully saturated rings. The number of aromatic nitrogens is 6. The van der Waals surface area contributed by atoms with Crippen LogP contribution in [-0.2, 0) is 31.4 Å². The van der Waals surface area contributed by atoms with Gasteiger partial charge >= 0.3 is 5.76 Å². The van der Waals surface area contributed by atoms with Gasteiger partial charge in [0.05, 0.1) is 5.52 Å². The van der Waals surface area contributed by atoms with Crippen LogP contribution in [0.25, 0.3) is 22.6 Å². The number of para-hydroxylation sites is 2. The second-order valence-corrected chi connectivity index (χ2v) is 8.04. The van der Waals surface area contributed by atoms with Crippen LogP contribution in [0.1, 0.15) is 31.1 Å². The minimum absolute atomic E-state index is 0.0665. The number of rotatable bonds is 4. The van der Waals surface area contributed by atoms with Crippen molar-refractivity contribution in [3.8, 4) is 11.5 Å². The number of amides is 1. The molecule has 4 heterocycles. The predicted molar refractivity (Wildman–Crippen MR) is 112 cm³/mol. The van der Waals surface area contributed by atoms with Crippen LogP contribution in [0.15, 0.2) is 39.8 Å². The third-order valence-electron chi connectivity index (χ3n) is 5.80. The summed E-state index contributed by atoms with van der Waals surface area (Å²) in [5.41, 5.74) is 3.89. The second kappa shape index (κ2) is 7.22. The van der Waals surface area contributed by atoms with Crippen molar-refractivity contribution >= 4 is 17.0 Å². The van der Waals surface area contributed by atoms with Crippen LogP contribution in [0.2, 0.25) is 0 Å². The number of carbonyl (C=O) groups is 1. The van der Waals surface area contributed by atoms with Gasteiger partial charge in [-0.15, -0.1) is 10.2 Å². The number of benzene rings is 1. The molecule has 0 radical (unpaired) electrons. The fourth-order valence-electron chi connectivity index (χ4n) is 4.17. The number of hydrogen-bond donors (Lipinski definition) is 0. The van der Waals surface area contributed by atoms with Crippen LogP contribution in [0.5, 0.6) is 0 Å². The van der Waals surface area contributed by atoms with Crippen molar-refractivity contribution in [2.75, 3.05) is 6.54 Å². The van der Waals surface area contributed by atoms with Crippen molar-refractivity contribution in [1.29, 1.82) is 0 Å². The monoisotopic (exact) mass is 421 g/mol. The van der Waals surface area contributed by atoms with Crippen LogP contribution in [-0.4, -0.2) is 46.5 Å². The molecule has 3 aromatic heterocycles. The lowest BCUT2D eigenvalue weighted by molar-refractivity contribution is -0.132. The standard InChI is InChI=1S/C21H23N7O3/c1-13(2)28-12-22-23-20(28)19-14-10-26(9-8-15(14)25(3)24-19)18(29)11-27-16-6-4-5-7-17(16)31-21(27)30/h4-7,12-13H,8-11H2,1-3H3. The Morgan fingerprint density at radius 1 is 1.26 bits per heavy atom. The number of fused-ring (bicyclic) bond motifs is 2. The zero-order valence-electron chi connectivity index (χ0n) is 17.6. The van der Waals surface area contributed by atoms with Gasteiger partial charge in [-0.05, 0) is 26.0 Å². The lowest BCUT2D eigenvalue weighted by atomic mass is 10.0. The summed E-state index contributed by atoms with van der Waals surface area (Å²) in [6.45, 7) is 5.03. The maximum atomic E-state index is 13.1. The Kier molecular flexibility index (Phi) is 4.49. The van der Waals surface area contributed by atoms with Crippen LogP contribution in [0, 0.1) is 0 Å². The van der Waals surface area contributed by atoms with E-state index in [0.29, 0.717) is 36.4 Å².